The fourth-order valence-corrected chi connectivity index (χ4v) is 2.07. The van der Waals surface area contributed by atoms with Crippen LogP contribution in [0.25, 0.3) is 0 Å². The van der Waals surface area contributed by atoms with Crippen molar-refractivity contribution in [3.8, 4) is 11.5 Å². The molecule has 0 spiro atoms. The van der Waals surface area contributed by atoms with E-state index in [0.717, 1.165) is 11.1 Å². The number of aliphatic hydroxyl groups excluding tert-OH is 1. The summed E-state index contributed by atoms with van der Waals surface area (Å²) in [4.78, 5) is 0. The number of ether oxygens (including phenoxy) is 2. The van der Waals surface area contributed by atoms with Crippen LogP contribution in [-0.2, 0) is 6.61 Å². The Morgan fingerprint density at radius 2 is 1.95 bits per heavy atom. The Morgan fingerprint density at radius 1 is 1.20 bits per heavy atom. The van der Waals surface area contributed by atoms with Gasteiger partial charge in [0, 0.05) is 22.2 Å². The number of benzene rings is 2. The van der Waals surface area contributed by atoms with E-state index in [0.29, 0.717) is 23.1 Å². The zero-order valence-corrected chi connectivity index (χ0v) is 12.2. The third kappa shape index (κ3) is 3.44. The van der Waals surface area contributed by atoms with Crippen LogP contribution in [0.15, 0.2) is 42.5 Å². The molecule has 0 saturated carbocycles. The third-order valence-electron chi connectivity index (χ3n) is 3.01. The molecule has 0 fully saturated rings. The lowest BCUT2D eigenvalue weighted by atomic mass is 10.1. The van der Waals surface area contributed by atoms with Crippen LogP contribution in [0.4, 0.5) is 0 Å². The van der Waals surface area contributed by atoms with Crippen molar-refractivity contribution in [3.05, 3.63) is 58.6 Å². The average Bonchev–Trinajstić information content (AvgIpc) is 2.46. The van der Waals surface area contributed by atoms with Crippen LogP contribution in [0, 0.1) is 0 Å². The minimum atomic E-state index is -0.609. The van der Waals surface area contributed by atoms with Gasteiger partial charge >= 0.3 is 0 Å². The average molecular weight is 293 g/mol. The number of methoxy groups -OCH3 is 1. The van der Waals surface area contributed by atoms with E-state index < -0.39 is 6.10 Å². The lowest BCUT2D eigenvalue weighted by molar-refractivity contribution is 0.190. The van der Waals surface area contributed by atoms with Crippen LogP contribution >= 0.6 is 11.6 Å². The van der Waals surface area contributed by atoms with E-state index in [1.54, 1.807) is 32.2 Å². The number of aliphatic hydroxyl groups is 1. The molecule has 0 amide bonds. The summed E-state index contributed by atoms with van der Waals surface area (Å²) in [5.74, 6) is 1.28. The zero-order chi connectivity index (χ0) is 14.5. The minimum Gasteiger partial charge on any atom is -0.497 e. The van der Waals surface area contributed by atoms with E-state index in [2.05, 4.69) is 0 Å². The summed E-state index contributed by atoms with van der Waals surface area (Å²) >= 11 is 6.10. The van der Waals surface area contributed by atoms with E-state index in [-0.39, 0.29) is 0 Å². The maximum Gasteiger partial charge on any atom is 0.129 e. The maximum atomic E-state index is 9.77. The molecular formula is C16H17ClO3. The van der Waals surface area contributed by atoms with Gasteiger partial charge in [0.25, 0.3) is 0 Å². The van der Waals surface area contributed by atoms with Crippen molar-refractivity contribution in [2.45, 2.75) is 19.6 Å². The van der Waals surface area contributed by atoms with Gasteiger partial charge in [-0.15, -0.1) is 0 Å². The van der Waals surface area contributed by atoms with Crippen LogP contribution in [0.1, 0.15) is 24.2 Å². The number of hydrogen-bond acceptors (Lipinski definition) is 3. The Morgan fingerprint density at radius 3 is 2.60 bits per heavy atom. The highest BCUT2D eigenvalue weighted by atomic mass is 35.5. The van der Waals surface area contributed by atoms with Crippen molar-refractivity contribution in [1.82, 2.24) is 0 Å². The molecule has 0 bridgehead atoms. The van der Waals surface area contributed by atoms with Gasteiger partial charge in [-0.1, -0.05) is 29.8 Å². The molecule has 0 aliphatic heterocycles. The lowest BCUT2D eigenvalue weighted by Gasteiger charge is -2.15. The highest BCUT2D eigenvalue weighted by Gasteiger charge is 2.11. The molecule has 2 aromatic rings. The van der Waals surface area contributed by atoms with Crippen LogP contribution in [0.2, 0.25) is 5.02 Å². The predicted octanol–water partition coefficient (Wildman–Crippen LogP) is 3.98. The van der Waals surface area contributed by atoms with Crippen molar-refractivity contribution < 1.29 is 14.6 Å². The maximum absolute atomic E-state index is 9.77. The van der Waals surface area contributed by atoms with E-state index in [1.807, 2.05) is 24.3 Å². The summed E-state index contributed by atoms with van der Waals surface area (Å²) in [7, 11) is 1.59. The van der Waals surface area contributed by atoms with Gasteiger partial charge in [0.15, 0.2) is 0 Å². The van der Waals surface area contributed by atoms with Crippen LogP contribution in [-0.4, -0.2) is 12.2 Å². The molecule has 1 atom stereocenters. The summed E-state index contributed by atoms with van der Waals surface area (Å²) in [6.45, 7) is 2.04. The minimum absolute atomic E-state index is 0.340. The molecule has 1 unspecified atom stereocenters. The molecule has 0 saturated heterocycles. The fourth-order valence-electron chi connectivity index (χ4n) is 1.88. The van der Waals surface area contributed by atoms with Gasteiger partial charge in [0.05, 0.1) is 13.2 Å². The SMILES string of the molecule is COc1ccc(C(C)O)c(OCc2ccccc2Cl)c1. The van der Waals surface area contributed by atoms with Crippen LogP contribution in [0.3, 0.4) is 0 Å². The topological polar surface area (TPSA) is 38.7 Å². The lowest BCUT2D eigenvalue weighted by Crippen LogP contribution is -2.02. The fraction of sp³-hybridized carbons (Fsp3) is 0.250. The largest absolute Gasteiger partial charge is 0.497 e. The van der Waals surface area contributed by atoms with Crippen LogP contribution in [0.5, 0.6) is 11.5 Å². The van der Waals surface area contributed by atoms with Gasteiger partial charge in [-0.3, -0.25) is 0 Å². The predicted molar refractivity (Wildman–Crippen MR) is 79.4 cm³/mol. The summed E-state index contributed by atoms with van der Waals surface area (Å²) in [5.41, 5.74) is 1.62. The summed E-state index contributed by atoms with van der Waals surface area (Å²) in [6, 6.07) is 12.9. The normalized spacial score (nSPS) is 12.0. The number of hydrogen-bond donors (Lipinski definition) is 1. The molecule has 0 aliphatic carbocycles. The Kier molecular flexibility index (Phi) is 4.88. The molecule has 20 heavy (non-hydrogen) atoms. The first-order chi connectivity index (χ1) is 9.61. The first-order valence-electron chi connectivity index (χ1n) is 6.34. The molecule has 2 rings (SSSR count). The van der Waals surface area contributed by atoms with Crippen molar-refractivity contribution >= 4 is 11.6 Å². The van der Waals surface area contributed by atoms with Crippen molar-refractivity contribution in [1.29, 1.82) is 0 Å². The Hall–Kier alpha value is -1.71. The highest BCUT2D eigenvalue weighted by molar-refractivity contribution is 6.31. The van der Waals surface area contributed by atoms with Gasteiger partial charge in [0.2, 0.25) is 0 Å². The second-order valence-corrected chi connectivity index (χ2v) is 4.87. The smallest absolute Gasteiger partial charge is 0.129 e. The Bertz CT molecular complexity index is 582. The molecule has 0 heterocycles. The van der Waals surface area contributed by atoms with Crippen LogP contribution < -0.4 is 9.47 Å². The molecule has 2 aromatic carbocycles. The molecule has 3 nitrogen and oxygen atoms in total. The number of halogens is 1. The molecule has 0 aliphatic rings. The van der Waals surface area contributed by atoms with Crippen molar-refractivity contribution in [3.63, 3.8) is 0 Å². The summed E-state index contributed by atoms with van der Waals surface area (Å²) in [5, 5.41) is 10.4. The van der Waals surface area contributed by atoms with Crippen molar-refractivity contribution in [2.75, 3.05) is 7.11 Å². The van der Waals surface area contributed by atoms with Gasteiger partial charge < -0.3 is 14.6 Å². The van der Waals surface area contributed by atoms with Gasteiger partial charge in [0.1, 0.15) is 18.1 Å². The number of rotatable bonds is 5. The molecular weight excluding hydrogens is 276 g/mol. The third-order valence-corrected chi connectivity index (χ3v) is 3.38. The summed E-state index contributed by atoms with van der Waals surface area (Å²) < 4.78 is 11.0. The monoisotopic (exact) mass is 292 g/mol. The molecule has 4 heteroatoms. The van der Waals surface area contributed by atoms with E-state index in [9.17, 15) is 5.11 Å². The highest BCUT2D eigenvalue weighted by Crippen LogP contribution is 2.30. The zero-order valence-electron chi connectivity index (χ0n) is 11.5. The second-order valence-electron chi connectivity index (χ2n) is 4.46. The van der Waals surface area contributed by atoms with E-state index in [1.165, 1.54) is 0 Å². The van der Waals surface area contributed by atoms with Gasteiger partial charge in [-0.2, -0.15) is 0 Å². The van der Waals surface area contributed by atoms with Gasteiger partial charge in [-0.25, -0.2) is 0 Å². The second kappa shape index (κ2) is 6.64. The standard InChI is InChI=1S/C16H17ClO3/c1-11(18)14-8-7-13(19-2)9-16(14)20-10-12-5-3-4-6-15(12)17/h3-9,11,18H,10H2,1-2H3. The first kappa shape index (κ1) is 14.7. The van der Waals surface area contributed by atoms with Crippen molar-refractivity contribution in [2.24, 2.45) is 0 Å². The Labute approximate surface area is 123 Å². The van der Waals surface area contributed by atoms with E-state index in [4.69, 9.17) is 21.1 Å². The quantitative estimate of drug-likeness (QED) is 0.906. The Balaban J connectivity index is 2.21. The molecule has 106 valence electrons. The molecule has 1 N–H and O–H groups in total. The molecule has 0 radical (unpaired) electrons. The molecule has 0 aromatic heterocycles. The van der Waals surface area contributed by atoms with E-state index >= 15 is 0 Å². The van der Waals surface area contributed by atoms with Gasteiger partial charge in [-0.05, 0) is 25.1 Å². The summed E-state index contributed by atoms with van der Waals surface area (Å²) in [6.07, 6.45) is -0.609. The first-order valence-corrected chi connectivity index (χ1v) is 6.72.